The Bertz CT molecular complexity index is 450. The molecule has 2 saturated carbocycles. The maximum absolute atomic E-state index is 13.9. The fourth-order valence-corrected chi connectivity index (χ4v) is 4.01. The van der Waals surface area contributed by atoms with Gasteiger partial charge in [0.2, 0.25) is 0 Å². The summed E-state index contributed by atoms with van der Waals surface area (Å²) in [7, 11) is 1.99. The summed E-state index contributed by atoms with van der Waals surface area (Å²) in [6.07, 6.45) is 4.69. The molecule has 0 radical (unpaired) electrons. The third kappa shape index (κ3) is 2.28. The highest BCUT2D eigenvalue weighted by atomic mass is 35.5. The van der Waals surface area contributed by atoms with Gasteiger partial charge in [0.15, 0.2) is 0 Å². The fraction of sp³-hybridized carbons (Fsp3) is 0.600. The molecule has 0 aliphatic heterocycles. The zero-order chi connectivity index (χ0) is 12.8. The molecular weight excluding hydrogens is 249 g/mol. The van der Waals surface area contributed by atoms with Crippen LogP contribution in [0.1, 0.15) is 24.8 Å². The van der Waals surface area contributed by atoms with Gasteiger partial charge in [0.05, 0.1) is 0 Å². The van der Waals surface area contributed by atoms with E-state index in [0.717, 1.165) is 30.4 Å². The van der Waals surface area contributed by atoms with Gasteiger partial charge in [0.1, 0.15) is 5.82 Å². The van der Waals surface area contributed by atoms with E-state index in [1.807, 2.05) is 7.05 Å². The lowest BCUT2D eigenvalue weighted by atomic mass is 9.77. The lowest BCUT2D eigenvalue weighted by molar-refractivity contribution is 0.252. The summed E-state index contributed by atoms with van der Waals surface area (Å²) in [6, 6.07) is 4.90. The second-order valence-corrected chi connectivity index (χ2v) is 6.54. The highest BCUT2D eigenvalue weighted by Crippen LogP contribution is 2.60. The molecule has 0 amide bonds. The van der Waals surface area contributed by atoms with E-state index >= 15 is 0 Å². The Morgan fingerprint density at radius 2 is 2.11 bits per heavy atom. The molecule has 2 aliphatic rings. The monoisotopic (exact) mass is 267 g/mol. The van der Waals surface area contributed by atoms with E-state index in [1.165, 1.54) is 25.3 Å². The van der Waals surface area contributed by atoms with Crippen LogP contribution in [-0.2, 0) is 6.42 Å². The highest BCUT2D eigenvalue weighted by Gasteiger charge is 2.53. The first kappa shape index (κ1) is 12.4. The highest BCUT2D eigenvalue weighted by molar-refractivity contribution is 6.30. The molecule has 2 aliphatic carbocycles. The van der Waals surface area contributed by atoms with Crippen LogP contribution in [0.4, 0.5) is 4.39 Å². The smallest absolute Gasteiger partial charge is 0.126 e. The fourth-order valence-electron chi connectivity index (χ4n) is 3.81. The normalized spacial score (nSPS) is 33.5. The van der Waals surface area contributed by atoms with Gasteiger partial charge < -0.3 is 5.32 Å². The maximum atomic E-state index is 13.9. The Kier molecular flexibility index (Phi) is 3.11. The molecule has 0 bridgehead atoms. The first-order valence-electron chi connectivity index (χ1n) is 6.70. The van der Waals surface area contributed by atoms with Gasteiger partial charge in [-0.3, -0.25) is 0 Å². The molecule has 2 fully saturated rings. The molecule has 0 saturated heterocycles. The van der Waals surface area contributed by atoms with E-state index < -0.39 is 0 Å². The summed E-state index contributed by atoms with van der Waals surface area (Å²) in [5.41, 5.74) is 1.02. The summed E-state index contributed by atoms with van der Waals surface area (Å²) in [5.74, 6) is 1.69. The molecule has 2 unspecified atom stereocenters. The van der Waals surface area contributed by atoms with Gasteiger partial charge in [-0.05, 0) is 73.7 Å². The Labute approximate surface area is 113 Å². The summed E-state index contributed by atoms with van der Waals surface area (Å²) in [5, 5.41) is 3.92. The molecule has 0 spiro atoms. The predicted molar refractivity (Wildman–Crippen MR) is 72.3 cm³/mol. The van der Waals surface area contributed by atoms with Crippen molar-refractivity contribution in [3.63, 3.8) is 0 Å². The van der Waals surface area contributed by atoms with Crippen molar-refractivity contribution in [2.75, 3.05) is 13.6 Å². The van der Waals surface area contributed by atoms with Crippen LogP contribution in [-0.4, -0.2) is 13.6 Å². The SMILES string of the molecule is CNCC1(Cc2cc(Cl)ccc2F)CC2CC2C1. The van der Waals surface area contributed by atoms with Crippen molar-refractivity contribution in [3.8, 4) is 0 Å². The van der Waals surface area contributed by atoms with Gasteiger partial charge in [-0.25, -0.2) is 4.39 Å². The minimum Gasteiger partial charge on any atom is -0.319 e. The second-order valence-electron chi connectivity index (χ2n) is 6.11. The maximum Gasteiger partial charge on any atom is 0.126 e. The van der Waals surface area contributed by atoms with Gasteiger partial charge in [-0.1, -0.05) is 11.6 Å². The van der Waals surface area contributed by atoms with Gasteiger partial charge in [0, 0.05) is 11.6 Å². The molecule has 3 rings (SSSR count). The average Bonchev–Trinajstić information content (AvgIpc) is 2.93. The molecule has 3 heteroatoms. The van der Waals surface area contributed by atoms with Crippen LogP contribution in [0, 0.1) is 23.1 Å². The number of rotatable bonds is 4. The average molecular weight is 268 g/mol. The zero-order valence-electron chi connectivity index (χ0n) is 10.7. The number of halogens is 2. The van der Waals surface area contributed by atoms with E-state index in [-0.39, 0.29) is 11.2 Å². The van der Waals surface area contributed by atoms with Gasteiger partial charge in [-0.15, -0.1) is 0 Å². The van der Waals surface area contributed by atoms with Crippen molar-refractivity contribution >= 4 is 11.6 Å². The van der Waals surface area contributed by atoms with Crippen LogP contribution in [0.25, 0.3) is 0 Å². The van der Waals surface area contributed by atoms with Crippen molar-refractivity contribution in [1.29, 1.82) is 0 Å². The van der Waals surface area contributed by atoms with E-state index in [2.05, 4.69) is 5.32 Å². The van der Waals surface area contributed by atoms with Crippen molar-refractivity contribution in [1.82, 2.24) is 5.32 Å². The van der Waals surface area contributed by atoms with E-state index in [1.54, 1.807) is 12.1 Å². The molecule has 1 aromatic rings. The topological polar surface area (TPSA) is 12.0 Å². The predicted octanol–water partition coefficient (Wildman–Crippen LogP) is 3.66. The largest absolute Gasteiger partial charge is 0.319 e. The third-order valence-electron chi connectivity index (χ3n) is 4.58. The zero-order valence-corrected chi connectivity index (χ0v) is 11.4. The molecule has 0 aromatic heterocycles. The van der Waals surface area contributed by atoms with Crippen molar-refractivity contribution in [2.45, 2.75) is 25.7 Å². The van der Waals surface area contributed by atoms with Crippen molar-refractivity contribution < 1.29 is 4.39 Å². The minimum atomic E-state index is -0.115. The number of fused-ring (bicyclic) bond motifs is 1. The molecule has 98 valence electrons. The summed E-state index contributed by atoms with van der Waals surface area (Å²) in [6.45, 7) is 0.978. The summed E-state index contributed by atoms with van der Waals surface area (Å²) in [4.78, 5) is 0. The summed E-state index contributed by atoms with van der Waals surface area (Å²) >= 11 is 5.98. The van der Waals surface area contributed by atoms with Crippen LogP contribution >= 0.6 is 11.6 Å². The first-order valence-corrected chi connectivity index (χ1v) is 7.08. The molecule has 0 heterocycles. The van der Waals surface area contributed by atoms with Crippen molar-refractivity contribution in [3.05, 3.63) is 34.6 Å². The summed E-state index contributed by atoms with van der Waals surface area (Å²) < 4.78 is 13.9. The molecular formula is C15H19ClFN. The number of hydrogen-bond donors (Lipinski definition) is 1. The molecule has 2 atom stereocenters. The van der Waals surface area contributed by atoms with Gasteiger partial charge >= 0.3 is 0 Å². The quantitative estimate of drug-likeness (QED) is 0.878. The third-order valence-corrected chi connectivity index (χ3v) is 4.82. The molecule has 18 heavy (non-hydrogen) atoms. The molecule has 1 N–H and O–H groups in total. The minimum absolute atomic E-state index is 0.115. The lowest BCUT2D eigenvalue weighted by Gasteiger charge is -2.31. The van der Waals surface area contributed by atoms with E-state index in [4.69, 9.17) is 11.6 Å². The standard InChI is InChI=1S/C15H19ClFN/c1-18-9-15(6-10-4-11(10)7-15)8-12-5-13(16)2-3-14(12)17/h2-3,5,10-11,18H,4,6-9H2,1H3. The van der Waals surface area contributed by atoms with Crippen LogP contribution < -0.4 is 5.32 Å². The van der Waals surface area contributed by atoms with Crippen LogP contribution in [0.5, 0.6) is 0 Å². The van der Waals surface area contributed by atoms with Crippen LogP contribution in [0.15, 0.2) is 18.2 Å². The molecule has 1 nitrogen and oxygen atoms in total. The lowest BCUT2D eigenvalue weighted by Crippen LogP contribution is -2.33. The van der Waals surface area contributed by atoms with Gasteiger partial charge in [-0.2, -0.15) is 0 Å². The number of benzene rings is 1. The number of hydrogen-bond acceptors (Lipinski definition) is 1. The Morgan fingerprint density at radius 3 is 2.78 bits per heavy atom. The Balaban J connectivity index is 1.82. The Hall–Kier alpha value is -0.600. The molecule has 1 aromatic carbocycles. The first-order chi connectivity index (χ1) is 8.62. The van der Waals surface area contributed by atoms with Gasteiger partial charge in [0.25, 0.3) is 0 Å². The van der Waals surface area contributed by atoms with Crippen molar-refractivity contribution in [2.24, 2.45) is 17.3 Å². The van der Waals surface area contributed by atoms with Crippen LogP contribution in [0.3, 0.4) is 0 Å². The van der Waals surface area contributed by atoms with E-state index in [9.17, 15) is 4.39 Å². The number of nitrogens with one attached hydrogen (secondary N) is 1. The Morgan fingerprint density at radius 1 is 1.39 bits per heavy atom. The van der Waals surface area contributed by atoms with Crippen LogP contribution in [0.2, 0.25) is 5.02 Å². The second kappa shape index (κ2) is 4.50. The van der Waals surface area contributed by atoms with E-state index in [0.29, 0.717) is 5.02 Å².